The van der Waals surface area contributed by atoms with Crippen molar-refractivity contribution in [2.45, 2.75) is 27.2 Å². The summed E-state index contributed by atoms with van der Waals surface area (Å²) in [5.74, 6) is 1.11. The Morgan fingerprint density at radius 1 is 1.14 bits per heavy atom. The van der Waals surface area contributed by atoms with E-state index in [1.54, 1.807) is 38.1 Å². The van der Waals surface area contributed by atoms with Crippen LogP contribution in [0, 0.1) is 10.5 Å². The average Bonchev–Trinajstić information content (AvgIpc) is 2.70. The molecule has 0 spiro atoms. The van der Waals surface area contributed by atoms with E-state index >= 15 is 0 Å². The third kappa shape index (κ3) is 4.90. The molecule has 2 aromatic carbocycles. The predicted octanol–water partition coefficient (Wildman–Crippen LogP) is 5.00. The summed E-state index contributed by atoms with van der Waals surface area (Å²) in [5, 5.41) is 0.399. The smallest absolute Gasteiger partial charge is 0.344 e. The Bertz CT molecular complexity index is 1090. The first-order chi connectivity index (χ1) is 13.9. The van der Waals surface area contributed by atoms with Crippen LogP contribution in [0.4, 0.5) is 0 Å². The number of halogens is 1. The normalized spacial score (nSPS) is 10.8. The molecule has 0 amide bonds. The second-order valence-corrected chi connectivity index (χ2v) is 7.52. The number of ether oxygens (including phenoxy) is 3. The van der Waals surface area contributed by atoms with Gasteiger partial charge < -0.3 is 18.6 Å². The van der Waals surface area contributed by atoms with E-state index in [0.717, 1.165) is 9.13 Å². The summed E-state index contributed by atoms with van der Waals surface area (Å²) >= 11 is 2.20. The molecular weight excluding hydrogens is 487 g/mol. The van der Waals surface area contributed by atoms with Crippen LogP contribution in [0.1, 0.15) is 25.2 Å². The van der Waals surface area contributed by atoms with Crippen LogP contribution >= 0.6 is 22.6 Å². The second-order valence-electron chi connectivity index (χ2n) is 6.28. The zero-order valence-corrected chi connectivity index (χ0v) is 18.6. The van der Waals surface area contributed by atoms with Crippen molar-refractivity contribution in [1.82, 2.24) is 0 Å². The van der Waals surface area contributed by atoms with Crippen molar-refractivity contribution >= 4 is 39.5 Å². The van der Waals surface area contributed by atoms with Crippen molar-refractivity contribution in [2.75, 3.05) is 13.2 Å². The van der Waals surface area contributed by atoms with Crippen molar-refractivity contribution in [3.63, 3.8) is 0 Å². The van der Waals surface area contributed by atoms with Crippen molar-refractivity contribution in [2.24, 2.45) is 0 Å². The van der Waals surface area contributed by atoms with Gasteiger partial charge in [0.2, 0.25) is 11.2 Å². The van der Waals surface area contributed by atoms with Crippen LogP contribution in [-0.4, -0.2) is 19.2 Å². The van der Waals surface area contributed by atoms with E-state index in [2.05, 4.69) is 22.6 Å². The first kappa shape index (κ1) is 21.2. The number of benzene rings is 2. The molecule has 0 fully saturated rings. The zero-order chi connectivity index (χ0) is 21.0. The fourth-order valence-electron chi connectivity index (χ4n) is 2.85. The Labute approximate surface area is 181 Å². The molecule has 0 aliphatic rings. The number of esters is 1. The summed E-state index contributed by atoms with van der Waals surface area (Å²) in [6, 6.07) is 10.8. The van der Waals surface area contributed by atoms with Crippen molar-refractivity contribution in [3.8, 4) is 17.2 Å². The molecule has 7 heteroatoms. The minimum atomic E-state index is -0.450. The van der Waals surface area contributed by atoms with E-state index in [1.165, 1.54) is 0 Å². The number of carbonyl (C=O) groups excluding carboxylic acids is 1. The van der Waals surface area contributed by atoms with Gasteiger partial charge in [-0.05, 0) is 78.8 Å². The van der Waals surface area contributed by atoms with Crippen LogP contribution in [0.5, 0.6) is 17.2 Å². The summed E-state index contributed by atoms with van der Waals surface area (Å²) in [5.41, 5.74) is 0.908. The SMILES string of the molecule is CCOC(=O)COc1cc2oc(C)c(Oc3ccc(I)cc3)c(=O)c2cc1CC. The maximum absolute atomic E-state index is 13.0. The van der Waals surface area contributed by atoms with Crippen molar-refractivity contribution < 1.29 is 23.4 Å². The molecular formula is C22H21IO6. The van der Waals surface area contributed by atoms with Gasteiger partial charge in [-0.25, -0.2) is 4.79 Å². The molecule has 1 heterocycles. The van der Waals surface area contributed by atoms with Crippen LogP contribution in [0.2, 0.25) is 0 Å². The minimum absolute atomic E-state index is 0.154. The molecule has 0 aliphatic heterocycles. The Morgan fingerprint density at radius 3 is 2.52 bits per heavy atom. The molecule has 6 nitrogen and oxygen atoms in total. The highest BCUT2D eigenvalue weighted by Crippen LogP contribution is 2.30. The van der Waals surface area contributed by atoms with Gasteiger partial charge in [0.25, 0.3) is 0 Å². The third-order valence-electron chi connectivity index (χ3n) is 4.26. The molecule has 0 aliphatic carbocycles. The van der Waals surface area contributed by atoms with Crippen LogP contribution in [0.25, 0.3) is 11.0 Å². The summed E-state index contributed by atoms with van der Waals surface area (Å²) in [7, 11) is 0. The topological polar surface area (TPSA) is 75.0 Å². The molecule has 1 aromatic heterocycles. The number of hydrogen-bond donors (Lipinski definition) is 0. The lowest BCUT2D eigenvalue weighted by atomic mass is 10.1. The summed E-state index contributed by atoms with van der Waals surface area (Å²) in [4.78, 5) is 24.6. The Balaban J connectivity index is 1.99. The molecule has 0 bridgehead atoms. The second kappa shape index (κ2) is 9.30. The Hall–Kier alpha value is -2.55. The average molecular weight is 508 g/mol. The van der Waals surface area contributed by atoms with Gasteiger partial charge >= 0.3 is 5.97 Å². The van der Waals surface area contributed by atoms with Gasteiger partial charge in [0.05, 0.1) is 12.0 Å². The van der Waals surface area contributed by atoms with Gasteiger partial charge in [-0.1, -0.05) is 6.92 Å². The third-order valence-corrected chi connectivity index (χ3v) is 4.98. The lowest BCUT2D eigenvalue weighted by molar-refractivity contribution is -0.145. The first-order valence-corrected chi connectivity index (χ1v) is 10.3. The van der Waals surface area contributed by atoms with Gasteiger partial charge in [-0.3, -0.25) is 4.79 Å². The van der Waals surface area contributed by atoms with Gasteiger partial charge in [-0.15, -0.1) is 0 Å². The monoisotopic (exact) mass is 508 g/mol. The van der Waals surface area contributed by atoms with Gasteiger partial charge in [-0.2, -0.15) is 0 Å². The predicted molar refractivity (Wildman–Crippen MR) is 118 cm³/mol. The summed E-state index contributed by atoms with van der Waals surface area (Å²) < 4.78 is 23.2. The lowest BCUT2D eigenvalue weighted by Crippen LogP contribution is -2.15. The van der Waals surface area contributed by atoms with Crippen LogP contribution in [-0.2, 0) is 16.0 Å². The number of aryl methyl sites for hydroxylation is 2. The maximum Gasteiger partial charge on any atom is 0.344 e. The first-order valence-electron chi connectivity index (χ1n) is 9.25. The van der Waals surface area contributed by atoms with Crippen LogP contribution in [0.15, 0.2) is 45.6 Å². The van der Waals surface area contributed by atoms with E-state index in [9.17, 15) is 9.59 Å². The quantitative estimate of drug-likeness (QED) is 0.330. The van der Waals surface area contributed by atoms with E-state index in [-0.39, 0.29) is 24.4 Å². The number of carbonyl (C=O) groups is 1. The number of rotatable bonds is 7. The Morgan fingerprint density at radius 2 is 1.86 bits per heavy atom. The van der Waals surface area contributed by atoms with Crippen LogP contribution in [0.3, 0.4) is 0 Å². The summed E-state index contributed by atoms with van der Waals surface area (Å²) in [6.45, 7) is 5.44. The maximum atomic E-state index is 13.0. The van der Waals surface area contributed by atoms with Gasteiger partial charge in [0.1, 0.15) is 22.8 Å². The highest BCUT2D eigenvalue weighted by atomic mass is 127. The van der Waals surface area contributed by atoms with Gasteiger partial charge in [0, 0.05) is 9.64 Å². The lowest BCUT2D eigenvalue weighted by Gasteiger charge is -2.13. The highest BCUT2D eigenvalue weighted by Gasteiger charge is 2.17. The molecule has 29 heavy (non-hydrogen) atoms. The fraction of sp³-hybridized carbons (Fsp3) is 0.273. The number of fused-ring (bicyclic) bond motifs is 1. The fourth-order valence-corrected chi connectivity index (χ4v) is 3.21. The molecule has 0 saturated heterocycles. The largest absolute Gasteiger partial charge is 0.481 e. The molecule has 0 saturated carbocycles. The number of hydrogen-bond acceptors (Lipinski definition) is 6. The summed E-state index contributed by atoms with van der Waals surface area (Å²) in [6.07, 6.45) is 0.620. The Kier molecular flexibility index (Phi) is 6.79. The minimum Gasteiger partial charge on any atom is -0.481 e. The molecule has 3 aromatic rings. The molecule has 0 N–H and O–H groups in total. The standard InChI is InChI=1S/C22H21IO6/c1-4-14-10-17-19(11-18(14)27-12-20(24)26-5-2)28-13(3)22(21(17)25)29-16-8-6-15(23)7-9-16/h6-11H,4-5,12H2,1-3H3. The molecule has 0 unspecified atom stereocenters. The van der Waals surface area contributed by atoms with Crippen LogP contribution < -0.4 is 14.9 Å². The van der Waals surface area contributed by atoms with E-state index in [1.807, 2.05) is 19.1 Å². The van der Waals surface area contributed by atoms with E-state index < -0.39 is 5.97 Å². The molecule has 3 rings (SSSR count). The zero-order valence-electron chi connectivity index (χ0n) is 16.4. The van der Waals surface area contributed by atoms with Gasteiger partial charge in [0.15, 0.2) is 6.61 Å². The molecule has 0 radical (unpaired) electrons. The van der Waals surface area contributed by atoms with Crippen molar-refractivity contribution in [3.05, 3.63) is 61.5 Å². The van der Waals surface area contributed by atoms with E-state index in [0.29, 0.717) is 34.6 Å². The molecule has 152 valence electrons. The van der Waals surface area contributed by atoms with Crippen molar-refractivity contribution in [1.29, 1.82) is 0 Å². The molecule has 0 atom stereocenters. The highest BCUT2D eigenvalue weighted by molar-refractivity contribution is 14.1. The van der Waals surface area contributed by atoms with E-state index in [4.69, 9.17) is 18.6 Å².